The van der Waals surface area contributed by atoms with Crippen molar-refractivity contribution in [3.8, 4) is 0 Å². The normalized spacial score (nSPS) is 18.9. The molecule has 0 spiro atoms. The number of hydrogen-bond acceptors (Lipinski definition) is 3. The first kappa shape index (κ1) is 16.7. The molecule has 22 heavy (non-hydrogen) atoms. The first-order valence-electron chi connectivity index (χ1n) is 8.15. The summed E-state index contributed by atoms with van der Waals surface area (Å²) in [5, 5.41) is 3.45. The number of anilines is 1. The molecule has 2 rings (SSSR count). The summed E-state index contributed by atoms with van der Waals surface area (Å²) in [6.45, 7) is 9.37. The lowest BCUT2D eigenvalue weighted by Gasteiger charge is -2.37. The van der Waals surface area contributed by atoms with Crippen LogP contribution in [0.15, 0.2) is 24.3 Å². The van der Waals surface area contributed by atoms with Gasteiger partial charge in [0.15, 0.2) is 0 Å². The molecule has 0 aliphatic carbocycles. The van der Waals surface area contributed by atoms with E-state index in [0.717, 1.165) is 31.6 Å². The molecular formula is C18H28N2O2. The average molecular weight is 304 g/mol. The first-order valence-corrected chi connectivity index (χ1v) is 8.15. The number of nitrogens with zero attached hydrogens (tertiary/aromatic N) is 1. The number of benzene rings is 1. The van der Waals surface area contributed by atoms with E-state index in [-0.39, 0.29) is 12.1 Å². The number of nitrogens with one attached hydrogen (secondary N) is 1. The fourth-order valence-corrected chi connectivity index (χ4v) is 2.76. The predicted octanol–water partition coefficient (Wildman–Crippen LogP) is 4.20. The molecule has 1 N–H and O–H groups in total. The molecule has 1 heterocycles. The minimum atomic E-state index is -0.441. The van der Waals surface area contributed by atoms with Crippen molar-refractivity contribution < 1.29 is 9.53 Å². The van der Waals surface area contributed by atoms with E-state index in [9.17, 15) is 4.79 Å². The lowest BCUT2D eigenvalue weighted by atomic mass is 10.0. The average Bonchev–Trinajstić information content (AvgIpc) is 2.44. The number of likely N-dealkylation sites (tertiary alicyclic amines) is 1. The Balaban J connectivity index is 1.96. The Labute approximate surface area is 133 Å². The molecule has 1 atom stereocenters. The lowest BCUT2D eigenvalue weighted by Crippen LogP contribution is -2.48. The Morgan fingerprint density at radius 2 is 2.14 bits per heavy atom. The van der Waals surface area contributed by atoms with Gasteiger partial charge in [-0.1, -0.05) is 12.1 Å². The van der Waals surface area contributed by atoms with Gasteiger partial charge in [0, 0.05) is 18.8 Å². The molecule has 1 amide bonds. The topological polar surface area (TPSA) is 41.6 Å². The quantitative estimate of drug-likeness (QED) is 0.910. The minimum Gasteiger partial charge on any atom is -0.444 e. The molecule has 0 bridgehead atoms. The molecule has 1 saturated heterocycles. The van der Waals surface area contributed by atoms with Crippen LogP contribution in [0.4, 0.5) is 10.5 Å². The molecule has 1 aliphatic rings. The molecule has 122 valence electrons. The van der Waals surface area contributed by atoms with Gasteiger partial charge in [0.2, 0.25) is 0 Å². The van der Waals surface area contributed by atoms with Crippen molar-refractivity contribution in [2.24, 2.45) is 0 Å². The summed E-state index contributed by atoms with van der Waals surface area (Å²) >= 11 is 0. The lowest BCUT2D eigenvalue weighted by molar-refractivity contribution is 0.0114. The van der Waals surface area contributed by atoms with Crippen LogP contribution in [-0.2, 0) is 4.74 Å². The standard InChI is InChI=1S/C18H28N2O2/c1-14-8-7-9-15(12-14)19-13-16-10-5-6-11-20(16)17(21)22-18(2,3)4/h7-9,12,16,19H,5-6,10-11,13H2,1-4H3. The maximum Gasteiger partial charge on any atom is 0.410 e. The number of piperidine rings is 1. The fraction of sp³-hybridized carbons (Fsp3) is 0.611. The van der Waals surface area contributed by atoms with Crippen LogP contribution in [0, 0.1) is 6.92 Å². The Kier molecular flexibility index (Phi) is 5.33. The minimum absolute atomic E-state index is 0.191. The Hall–Kier alpha value is -1.71. The van der Waals surface area contributed by atoms with Crippen LogP contribution >= 0.6 is 0 Å². The van der Waals surface area contributed by atoms with Crippen LogP contribution < -0.4 is 5.32 Å². The maximum absolute atomic E-state index is 12.4. The van der Waals surface area contributed by atoms with Crippen molar-refractivity contribution in [1.82, 2.24) is 4.90 Å². The summed E-state index contributed by atoms with van der Waals surface area (Å²) < 4.78 is 5.54. The smallest absolute Gasteiger partial charge is 0.410 e. The highest BCUT2D eigenvalue weighted by Crippen LogP contribution is 2.21. The maximum atomic E-state index is 12.4. The second kappa shape index (κ2) is 7.03. The summed E-state index contributed by atoms with van der Waals surface area (Å²) in [7, 11) is 0. The van der Waals surface area contributed by atoms with Crippen LogP contribution in [0.2, 0.25) is 0 Å². The monoisotopic (exact) mass is 304 g/mol. The molecule has 1 aliphatic heterocycles. The third-order valence-corrected chi connectivity index (χ3v) is 3.82. The van der Waals surface area contributed by atoms with Crippen molar-refractivity contribution in [2.75, 3.05) is 18.4 Å². The molecular weight excluding hydrogens is 276 g/mol. The number of aryl methyl sites for hydroxylation is 1. The summed E-state index contributed by atoms with van der Waals surface area (Å²) in [6.07, 6.45) is 3.06. The van der Waals surface area contributed by atoms with Crippen molar-refractivity contribution in [1.29, 1.82) is 0 Å². The molecule has 0 radical (unpaired) electrons. The number of hydrogen-bond donors (Lipinski definition) is 1. The van der Waals surface area contributed by atoms with Gasteiger partial charge < -0.3 is 15.0 Å². The zero-order valence-electron chi connectivity index (χ0n) is 14.2. The van der Waals surface area contributed by atoms with Crippen LogP contribution in [0.5, 0.6) is 0 Å². The third kappa shape index (κ3) is 4.93. The van der Waals surface area contributed by atoms with Gasteiger partial charge in [-0.05, 0) is 64.7 Å². The van der Waals surface area contributed by atoms with E-state index in [1.165, 1.54) is 12.0 Å². The highest BCUT2D eigenvalue weighted by Gasteiger charge is 2.30. The van der Waals surface area contributed by atoms with Gasteiger partial charge in [-0.15, -0.1) is 0 Å². The number of ether oxygens (including phenoxy) is 1. The number of rotatable bonds is 3. The largest absolute Gasteiger partial charge is 0.444 e. The van der Waals surface area contributed by atoms with Gasteiger partial charge in [0.05, 0.1) is 6.04 Å². The molecule has 1 aromatic carbocycles. The zero-order valence-corrected chi connectivity index (χ0v) is 14.2. The van der Waals surface area contributed by atoms with Gasteiger partial charge in [0.25, 0.3) is 0 Å². The molecule has 1 aromatic rings. The first-order chi connectivity index (χ1) is 10.3. The van der Waals surface area contributed by atoms with Gasteiger partial charge in [-0.25, -0.2) is 4.79 Å². The molecule has 0 aromatic heterocycles. The summed E-state index contributed by atoms with van der Waals surface area (Å²) in [6, 6.07) is 8.51. The van der Waals surface area contributed by atoms with E-state index >= 15 is 0 Å². The van der Waals surface area contributed by atoms with Crippen LogP contribution in [0.3, 0.4) is 0 Å². The summed E-state index contributed by atoms with van der Waals surface area (Å²) in [4.78, 5) is 14.3. The van der Waals surface area contributed by atoms with Crippen molar-refractivity contribution >= 4 is 11.8 Å². The summed E-state index contributed by atoms with van der Waals surface area (Å²) in [5.41, 5.74) is 1.90. The van der Waals surface area contributed by atoms with Gasteiger partial charge in [-0.2, -0.15) is 0 Å². The molecule has 0 saturated carbocycles. The van der Waals surface area contributed by atoms with Gasteiger partial charge >= 0.3 is 6.09 Å². The van der Waals surface area contributed by atoms with Crippen molar-refractivity contribution in [3.63, 3.8) is 0 Å². The number of carbonyl (C=O) groups excluding carboxylic acids is 1. The highest BCUT2D eigenvalue weighted by molar-refractivity contribution is 5.68. The molecule has 4 heteroatoms. The Morgan fingerprint density at radius 3 is 2.82 bits per heavy atom. The fourth-order valence-electron chi connectivity index (χ4n) is 2.76. The van der Waals surface area contributed by atoms with Gasteiger partial charge in [-0.3, -0.25) is 0 Å². The Morgan fingerprint density at radius 1 is 1.36 bits per heavy atom. The van der Waals surface area contributed by atoms with Crippen LogP contribution in [-0.4, -0.2) is 35.7 Å². The zero-order chi connectivity index (χ0) is 16.2. The van der Waals surface area contributed by atoms with E-state index < -0.39 is 5.60 Å². The van der Waals surface area contributed by atoms with E-state index in [4.69, 9.17) is 4.74 Å². The number of carbonyl (C=O) groups is 1. The van der Waals surface area contributed by atoms with Gasteiger partial charge in [0.1, 0.15) is 5.60 Å². The van der Waals surface area contributed by atoms with E-state index in [1.807, 2.05) is 31.7 Å². The predicted molar refractivity (Wildman–Crippen MR) is 90.2 cm³/mol. The third-order valence-electron chi connectivity index (χ3n) is 3.82. The highest BCUT2D eigenvalue weighted by atomic mass is 16.6. The van der Waals surface area contributed by atoms with E-state index in [1.54, 1.807) is 0 Å². The Bertz CT molecular complexity index is 508. The number of amides is 1. The van der Waals surface area contributed by atoms with Crippen molar-refractivity contribution in [2.45, 2.75) is 58.6 Å². The SMILES string of the molecule is Cc1cccc(NCC2CCCCN2C(=O)OC(C)(C)C)c1. The van der Waals surface area contributed by atoms with Crippen LogP contribution in [0.25, 0.3) is 0 Å². The summed E-state index contributed by atoms with van der Waals surface area (Å²) in [5.74, 6) is 0. The van der Waals surface area contributed by atoms with Crippen LogP contribution in [0.1, 0.15) is 45.6 Å². The molecule has 1 fully saturated rings. The van der Waals surface area contributed by atoms with E-state index in [0.29, 0.717) is 0 Å². The van der Waals surface area contributed by atoms with E-state index in [2.05, 4.69) is 30.4 Å². The molecule has 4 nitrogen and oxygen atoms in total. The molecule has 1 unspecified atom stereocenters. The van der Waals surface area contributed by atoms with Crippen molar-refractivity contribution in [3.05, 3.63) is 29.8 Å². The second-order valence-corrected chi connectivity index (χ2v) is 7.07. The second-order valence-electron chi connectivity index (χ2n) is 7.07.